The molecule has 0 bridgehead atoms. The second-order valence-corrected chi connectivity index (χ2v) is 7.20. The Morgan fingerprint density at radius 2 is 0.824 bits per heavy atom. The van der Waals surface area contributed by atoms with Crippen molar-refractivity contribution in [2.24, 2.45) is 0 Å². The fourth-order valence-corrected chi connectivity index (χ4v) is 2.11. The third-order valence-corrected chi connectivity index (χ3v) is 4.10. The summed E-state index contributed by atoms with van der Waals surface area (Å²) in [7, 11) is 0. The zero-order valence-electron chi connectivity index (χ0n) is 8.63. The molecule has 1 nitrogen and oxygen atoms in total. The van der Waals surface area contributed by atoms with Crippen LogP contribution in [-0.2, 0) is 0 Å². The summed E-state index contributed by atoms with van der Waals surface area (Å²) in [5, 5.41) is 0. The van der Waals surface area contributed by atoms with E-state index in [1.807, 2.05) is 24.3 Å². The first-order chi connectivity index (χ1) is 7.58. The van der Waals surface area contributed by atoms with E-state index < -0.39 is 0 Å². The van der Waals surface area contributed by atoms with Gasteiger partial charge in [0.25, 0.3) is 0 Å². The lowest BCUT2D eigenvalue weighted by Gasteiger charge is -1.86. The van der Waals surface area contributed by atoms with Crippen LogP contribution in [0.2, 0.25) is 0 Å². The standard InChI is InChI=1S/2C6H4BrI.H2O/c2*7-5-1-3-6(8)4-2-5;/h2*1-4H;1H2. The average molecular weight is 584 g/mol. The highest BCUT2D eigenvalue weighted by Gasteiger charge is 1.83. The average Bonchev–Trinajstić information content (AvgIpc) is 2.28. The highest BCUT2D eigenvalue weighted by molar-refractivity contribution is 14.1. The van der Waals surface area contributed by atoms with Crippen LogP contribution in [0.15, 0.2) is 57.5 Å². The number of halogens is 4. The molecule has 0 heterocycles. The summed E-state index contributed by atoms with van der Waals surface area (Å²) in [4.78, 5) is 0. The second kappa shape index (κ2) is 9.71. The van der Waals surface area contributed by atoms with Crippen LogP contribution in [0.5, 0.6) is 0 Å². The van der Waals surface area contributed by atoms with Crippen molar-refractivity contribution >= 4 is 77.0 Å². The predicted octanol–water partition coefficient (Wildman–Crippen LogP) is 5.28. The van der Waals surface area contributed by atoms with Crippen LogP contribution in [0.4, 0.5) is 0 Å². The highest BCUT2D eigenvalue weighted by atomic mass is 127. The molecule has 0 fully saturated rings. The Balaban J connectivity index is 0.000000284. The van der Waals surface area contributed by atoms with E-state index in [4.69, 9.17) is 0 Å². The van der Waals surface area contributed by atoms with Crippen LogP contribution >= 0.6 is 77.0 Å². The molecule has 0 spiro atoms. The van der Waals surface area contributed by atoms with Gasteiger partial charge in [-0.1, -0.05) is 31.9 Å². The molecule has 0 aliphatic rings. The van der Waals surface area contributed by atoms with Crippen molar-refractivity contribution in [1.82, 2.24) is 0 Å². The minimum Gasteiger partial charge on any atom is -0.412 e. The van der Waals surface area contributed by atoms with Crippen LogP contribution in [-0.4, -0.2) is 5.48 Å². The maximum Gasteiger partial charge on any atom is 0.0175 e. The summed E-state index contributed by atoms with van der Waals surface area (Å²) in [6.45, 7) is 0. The van der Waals surface area contributed by atoms with Crippen molar-refractivity contribution in [2.75, 3.05) is 0 Å². The van der Waals surface area contributed by atoms with Crippen molar-refractivity contribution in [3.05, 3.63) is 64.6 Å². The van der Waals surface area contributed by atoms with E-state index in [0.717, 1.165) is 8.95 Å². The van der Waals surface area contributed by atoms with E-state index in [1.54, 1.807) is 0 Å². The Morgan fingerprint density at radius 3 is 1.00 bits per heavy atom. The summed E-state index contributed by atoms with van der Waals surface area (Å²) in [5.41, 5.74) is 0. The van der Waals surface area contributed by atoms with Gasteiger partial charge in [0.15, 0.2) is 0 Å². The maximum absolute atomic E-state index is 3.34. The Morgan fingerprint density at radius 1 is 0.588 bits per heavy atom. The molecule has 2 aromatic carbocycles. The maximum atomic E-state index is 3.34. The molecule has 0 aliphatic heterocycles. The quantitative estimate of drug-likeness (QED) is 0.378. The van der Waals surface area contributed by atoms with Gasteiger partial charge in [-0.2, -0.15) is 0 Å². The smallest absolute Gasteiger partial charge is 0.0175 e. The van der Waals surface area contributed by atoms with Gasteiger partial charge in [0, 0.05) is 16.1 Å². The number of benzene rings is 2. The first-order valence-electron chi connectivity index (χ1n) is 4.40. The summed E-state index contributed by atoms with van der Waals surface area (Å²) in [6.07, 6.45) is 0. The molecule has 0 radical (unpaired) electrons. The van der Waals surface area contributed by atoms with Crippen LogP contribution in [0, 0.1) is 7.14 Å². The molecule has 0 unspecified atom stereocenters. The summed E-state index contributed by atoms with van der Waals surface area (Å²) in [5.74, 6) is 0. The summed E-state index contributed by atoms with van der Waals surface area (Å²) >= 11 is 11.2. The van der Waals surface area contributed by atoms with E-state index in [0.29, 0.717) is 0 Å². The van der Waals surface area contributed by atoms with Gasteiger partial charge < -0.3 is 5.48 Å². The molecule has 2 N–H and O–H groups in total. The lowest BCUT2D eigenvalue weighted by molar-refractivity contribution is 0.824. The van der Waals surface area contributed by atoms with Crippen molar-refractivity contribution < 1.29 is 5.48 Å². The Bertz CT molecular complexity index is 344. The number of hydrogen-bond donors (Lipinski definition) is 0. The first-order valence-corrected chi connectivity index (χ1v) is 8.14. The molecule has 0 saturated carbocycles. The van der Waals surface area contributed by atoms with Crippen molar-refractivity contribution in [3.8, 4) is 0 Å². The molecule has 0 atom stereocenters. The van der Waals surface area contributed by atoms with Gasteiger partial charge in [-0.05, 0) is 93.7 Å². The topological polar surface area (TPSA) is 31.5 Å². The normalized spacial score (nSPS) is 8.71. The molecule has 0 aliphatic carbocycles. The number of rotatable bonds is 0. The van der Waals surface area contributed by atoms with Gasteiger partial charge in [-0.25, -0.2) is 0 Å². The molecule has 0 saturated heterocycles. The van der Waals surface area contributed by atoms with Gasteiger partial charge in [0.2, 0.25) is 0 Å². The van der Waals surface area contributed by atoms with Gasteiger partial charge in [0.05, 0.1) is 0 Å². The minimum absolute atomic E-state index is 0. The fraction of sp³-hybridized carbons (Fsp3) is 0. The van der Waals surface area contributed by atoms with E-state index in [1.165, 1.54) is 7.14 Å². The SMILES string of the molecule is Brc1ccc(I)cc1.Brc1ccc(I)cc1.O. The van der Waals surface area contributed by atoms with Gasteiger partial charge >= 0.3 is 0 Å². The predicted molar refractivity (Wildman–Crippen MR) is 97.3 cm³/mol. The molecule has 92 valence electrons. The summed E-state index contributed by atoms with van der Waals surface area (Å²) in [6, 6.07) is 16.4. The molecule has 5 heteroatoms. The molecular weight excluding hydrogens is 574 g/mol. The van der Waals surface area contributed by atoms with E-state index in [9.17, 15) is 0 Å². The Labute approximate surface area is 145 Å². The highest BCUT2D eigenvalue weighted by Crippen LogP contribution is 2.11. The molecule has 17 heavy (non-hydrogen) atoms. The number of hydrogen-bond acceptors (Lipinski definition) is 0. The van der Waals surface area contributed by atoms with Gasteiger partial charge in [-0.3, -0.25) is 0 Å². The van der Waals surface area contributed by atoms with E-state index in [2.05, 4.69) is 101 Å². The van der Waals surface area contributed by atoms with Crippen LogP contribution in [0.3, 0.4) is 0 Å². The monoisotopic (exact) mass is 582 g/mol. The Hall–Kier alpha value is 0.820. The molecule has 0 aromatic heterocycles. The van der Waals surface area contributed by atoms with Gasteiger partial charge in [-0.15, -0.1) is 0 Å². The second-order valence-electron chi connectivity index (χ2n) is 2.87. The molecular formula is C12H10Br2I2O. The third kappa shape index (κ3) is 8.52. The van der Waals surface area contributed by atoms with Crippen molar-refractivity contribution in [2.45, 2.75) is 0 Å². The lowest BCUT2D eigenvalue weighted by atomic mass is 10.4. The largest absolute Gasteiger partial charge is 0.412 e. The van der Waals surface area contributed by atoms with E-state index >= 15 is 0 Å². The van der Waals surface area contributed by atoms with Crippen LogP contribution in [0.1, 0.15) is 0 Å². The third-order valence-electron chi connectivity index (χ3n) is 1.61. The first kappa shape index (κ1) is 17.8. The van der Waals surface area contributed by atoms with Crippen LogP contribution < -0.4 is 0 Å². The fourth-order valence-electron chi connectivity index (χ4n) is 0.859. The summed E-state index contributed by atoms with van der Waals surface area (Å²) < 4.78 is 4.81. The van der Waals surface area contributed by atoms with E-state index in [-0.39, 0.29) is 5.48 Å². The van der Waals surface area contributed by atoms with Crippen molar-refractivity contribution in [1.29, 1.82) is 0 Å². The van der Waals surface area contributed by atoms with Gasteiger partial charge in [0.1, 0.15) is 0 Å². The van der Waals surface area contributed by atoms with Crippen molar-refractivity contribution in [3.63, 3.8) is 0 Å². The van der Waals surface area contributed by atoms with Crippen LogP contribution in [0.25, 0.3) is 0 Å². The molecule has 2 aromatic rings. The molecule has 2 rings (SSSR count). The zero-order chi connectivity index (χ0) is 12.0. The molecule has 0 amide bonds. The zero-order valence-corrected chi connectivity index (χ0v) is 16.1. The minimum atomic E-state index is 0. The Kier molecular flexibility index (Phi) is 10.2. The lowest BCUT2D eigenvalue weighted by Crippen LogP contribution is -1.65.